The van der Waals surface area contributed by atoms with Gasteiger partial charge < -0.3 is 14.7 Å². The lowest BCUT2D eigenvalue weighted by Gasteiger charge is -2.33. The number of hydrogen-bond donors (Lipinski definition) is 1. The molecule has 6 heteroatoms. The van der Waals surface area contributed by atoms with E-state index in [-0.39, 0.29) is 12.1 Å². The number of nitrogens with zero attached hydrogens (tertiary/aromatic N) is 3. The second kappa shape index (κ2) is 7.47. The first kappa shape index (κ1) is 16.5. The van der Waals surface area contributed by atoms with Crippen LogP contribution in [0.2, 0.25) is 0 Å². The summed E-state index contributed by atoms with van der Waals surface area (Å²) in [6.45, 7) is 2.38. The van der Waals surface area contributed by atoms with Crippen molar-refractivity contribution >= 4 is 6.03 Å². The molecule has 24 heavy (non-hydrogen) atoms. The molecule has 6 nitrogen and oxygen atoms in total. The normalized spacial score (nSPS) is 15.2. The molecule has 0 spiro atoms. The van der Waals surface area contributed by atoms with E-state index in [1.54, 1.807) is 7.05 Å². The Bertz CT molecular complexity index is 692. The molecule has 1 fully saturated rings. The van der Waals surface area contributed by atoms with Gasteiger partial charge in [0.25, 0.3) is 0 Å². The maximum atomic E-state index is 12.3. The van der Waals surface area contributed by atoms with Crippen LogP contribution >= 0.6 is 0 Å². The molecule has 1 N–H and O–H groups in total. The molecular weight excluding hydrogens is 304 g/mol. The van der Waals surface area contributed by atoms with Crippen molar-refractivity contribution in [3.63, 3.8) is 0 Å². The Morgan fingerprint density at radius 2 is 2.12 bits per heavy atom. The van der Waals surface area contributed by atoms with Crippen LogP contribution in [0.1, 0.15) is 43.6 Å². The monoisotopic (exact) mass is 328 g/mol. The van der Waals surface area contributed by atoms with Gasteiger partial charge in [-0.15, -0.1) is 0 Å². The SMILES string of the molecule is CNC(=O)N(Cc1nc(-c2cccc(C)c2)no1)C1CCCCC1. The summed E-state index contributed by atoms with van der Waals surface area (Å²) in [6, 6.07) is 8.14. The van der Waals surface area contributed by atoms with Crippen molar-refractivity contribution in [1.29, 1.82) is 0 Å². The van der Waals surface area contributed by atoms with Crippen molar-refractivity contribution < 1.29 is 9.32 Å². The van der Waals surface area contributed by atoms with Crippen molar-refractivity contribution in [2.75, 3.05) is 7.05 Å². The molecule has 0 aliphatic heterocycles. The number of urea groups is 1. The lowest BCUT2D eigenvalue weighted by Crippen LogP contribution is -2.45. The van der Waals surface area contributed by atoms with Crippen molar-refractivity contribution in [3.05, 3.63) is 35.7 Å². The number of nitrogens with one attached hydrogen (secondary N) is 1. The van der Waals surface area contributed by atoms with Gasteiger partial charge in [-0.1, -0.05) is 48.2 Å². The minimum absolute atomic E-state index is 0.0859. The van der Waals surface area contributed by atoms with Crippen LogP contribution in [-0.2, 0) is 6.54 Å². The van der Waals surface area contributed by atoms with Gasteiger partial charge in [0.05, 0.1) is 0 Å². The van der Waals surface area contributed by atoms with Gasteiger partial charge in [-0.05, 0) is 25.8 Å². The van der Waals surface area contributed by atoms with Gasteiger partial charge in [-0.3, -0.25) is 0 Å². The summed E-state index contributed by atoms with van der Waals surface area (Å²) in [7, 11) is 1.66. The minimum Gasteiger partial charge on any atom is -0.341 e. The van der Waals surface area contributed by atoms with E-state index in [0.29, 0.717) is 18.3 Å². The molecule has 1 saturated carbocycles. The van der Waals surface area contributed by atoms with E-state index < -0.39 is 0 Å². The average molecular weight is 328 g/mol. The van der Waals surface area contributed by atoms with E-state index in [9.17, 15) is 4.79 Å². The predicted octanol–water partition coefficient (Wildman–Crippen LogP) is 3.52. The van der Waals surface area contributed by atoms with Gasteiger partial charge in [0.15, 0.2) is 0 Å². The lowest BCUT2D eigenvalue weighted by molar-refractivity contribution is 0.142. The van der Waals surface area contributed by atoms with Crippen LogP contribution < -0.4 is 5.32 Å². The standard InChI is InChI=1S/C18H24N4O2/c1-13-7-6-8-14(11-13)17-20-16(24-21-17)12-22(18(23)19-2)15-9-4-3-5-10-15/h6-8,11,15H,3-5,9-10,12H2,1-2H3,(H,19,23). The van der Waals surface area contributed by atoms with Crippen LogP contribution in [0.15, 0.2) is 28.8 Å². The Labute approximate surface area is 142 Å². The van der Waals surface area contributed by atoms with Gasteiger partial charge in [0.2, 0.25) is 11.7 Å². The zero-order valence-corrected chi connectivity index (χ0v) is 14.3. The van der Waals surface area contributed by atoms with Crippen molar-refractivity contribution in [2.24, 2.45) is 0 Å². The third kappa shape index (κ3) is 3.75. The number of hydrogen-bond acceptors (Lipinski definition) is 4. The Kier molecular flexibility index (Phi) is 5.13. The van der Waals surface area contributed by atoms with Crippen molar-refractivity contribution in [1.82, 2.24) is 20.4 Å². The number of rotatable bonds is 4. The minimum atomic E-state index is -0.0859. The largest absolute Gasteiger partial charge is 0.341 e. The number of carbonyl (C=O) groups excluding carboxylic acids is 1. The average Bonchev–Trinajstić information content (AvgIpc) is 3.08. The molecule has 2 aromatic rings. The fourth-order valence-corrected chi connectivity index (χ4v) is 3.27. The maximum Gasteiger partial charge on any atom is 0.317 e. The molecule has 3 rings (SSSR count). The summed E-state index contributed by atoms with van der Waals surface area (Å²) >= 11 is 0. The Morgan fingerprint density at radius 3 is 2.83 bits per heavy atom. The summed E-state index contributed by atoms with van der Waals surface area (Å²) in [5.41, 5.74) is 2.07. The third-order valence-electron chi connectivity index (χ3n) is 4.54. The van der Waals surface area contributed by atoms with E-state index in [4.69, 9.17) is 4.52 Å². The number of carbonyl (C=O) groups is 1. The van der Waals surface area contributed by atoms with Crippen LogP contribution in [0, 0.1) is 6.92 Å². The number of benzene rings is 1. The topological polar surface area (TPSA) is 71.3 Å². The molecule has 2 amide bonds. The zero-order chi connectivity index (χ0) is 16.9. The second-order valence-electron chi connectivity index (χ2n) is 6.36. The molecule has 1 aliphatic rings. The maximum absolute atomic E-state index is 12.3. The van der Waals surface area contributed by atoms with Crippen LogP contribution in [0.3, 0.4) is 0 Å². The van der Waals surface area contributed by atoms with Crippen molar-refractivity contribution in [3.8, 4) is 11.4 Å². The molecule has 0 bridgehead atoms. The fourth-order valence-electron chi connectivity index (χ4n) is 3.27. The molecule has 1 aliphatic carbocycles. The molecule has 0 radical (unpaired) electrons. The van der Waals surface area contributed by atoms with E-state index in [0.717, 1.165) is 36.8 Å². The summed E-state index contributed by atoms with van der Waals surface area (Å²) in [4.78, 5) is 18.6. The first-order chi connectivity index (χ1) is 11.7. The van der Waals surface area contributed by atoms with E-state index in [1.807, 2.05) is 36.1 Å². The third-order valence-corrected chi connectivity index (χ3v) is 4.54. The zero-order valence-electron chi connectivity index (χ0n) is 14.3. The highest BCUT2D eigenvalue weighted by Crippen LogP contribution is 2.24. The molecule has 0 atom stereocenters. The van der Waals surface area contributed by atoms with Crippen molar-refractivity contribution in [2.45, 2.75) is 51.6 Å². The number of aryl methyl sites for hydroxylation is 1. The summed E-state index contributed by atoms with van der Waals surface area (Å²) in [5, 5.41) is 6.79. The molecule has 1 heterocycles. The summed E-state index contributed by atoms with van der Waals surface area (Å²) < 4.78 is 5.39. The quantitative estimate of drug-likeness (QED) is 0.932. The number of amides is 2. The van der Waals surface area contributed by atoms with Gasteiger partial charge in [-0.25, -0.2) is 4.79 Å². The summed E-state index contributed by atoms with van der Waals surface area (Å²) in [5.74, 6) is 1.04. The fraction of sp³-hybridized carbons (Fsp3) is 0.500. The van der Waals surface area contributed by atoms with Crippen LogP contribution in [-0.4, -0.2) is 34.2 Å². The van der Waals surface area contributed by atoms with Crippen LogP contribution in [0.5, 0.6) is 0 Å². The predicted molar refractivity (Wildman–Crippen MR) is 91.3 cm³/mol. The smallest absolute Gasteiger partial charge is 0.317 e. The molecule has 0 unspecified atom stereocenters. The molecule has 0 saturated heterocycles. The summed E-state index contributed by atoms with van der Waals surface area (Å²) in [6.07, 6.45) is 5.64. The molecule has 1 aromatic heterocycles. The highest BCUT2D eigenvalue weighted by molar-refractivity contribution is 5.74. The van der Waals surface area contributed by atoms with E-state index >= 15 is 0 Å². The van der Waals surface area contributed by atoms with Gasteiger partial charge in [-0.2, -0.15) is 4.98 Å². The van der Waals surface area contributed by atoms with E-state index in [2.05, 4.69) is 15.5 Å². The Hall–Kier alpha value is -2.37. The molecule has 128 valence electrons. The molecular formula is C18H24N4O2. The van der Waals surface area contributed by atoms with Gasteiger partial charge in [0, 0.05) is 18.7 Å². The highest BCUT2D eigenvalue weighted by atomic mass is 16.5. The number of aromatic nitrogens is 2. The Morgan fingerprint density at radius 1 is 1.33 bits per heavy atom. The Balaban J connectivity index is 1.76. The first-order valence-electron chi connectivity index (χ1n) is 8.55. The van der Waals surface area contributed by atoms with Crippen LogP contribution in [0.4, 0.5) is 4.79 Å². The van der Waals surface area contributed by atoms with E-state index in [1.165, 1.54) is 6.42 Å². The highest BCUT2D eigenvalue weighted by Gasteiger charge is 2.26. The van der Waals surface area contributed by atoms with Gasteiger partial charge >= 0.3 is 6.03 Å². The second-order valence-corrected chi connectivity index (χ2v) is 6.36. The lowest BCUT2D eigenvalue weighted by atomic mass is 9.94. The molecule has 1 aromatic carbocycles. The van der Waals surface area contributed by atoms with Gasteiger partial charge in [0.1, 0.15) is 6.54 Å². The first-order valence-corrected chi connectivity index (χ1v) is 8.55. The van der Waals surface area contributed by atoms with Crippen LogP contribution in [0.25, 0.3) is 11.4 Å².